The smallest absolute Gasteiger partial charge is 0.338 e. The summed E-state index contributed by atoms with van der Waals surface area (Å²) in [5.41, 5.74) is 5.84. The topological polar surface area (TPSA) is 38.8 Å². The highest BCUT2D eigenvalue weighted by Gasteiger charge is 2.25. The standard InChI is InChI=1S/C24H29NO3/c1-5-18-7-9-19(10-8-18)20-15-22(24(26)27-4)17(3)23(16-20)25(6-2)21-11-13-28-14-12-21/h5,7-10,15-16,21H,1,6,11-14H2,2-4H3. The lowest BCUT2D eigenvalue weighted by molar-refractivity contribution is 0.0599. The zero-order valence-electron chi connectivity index (χ0n) is 17.0. The molecular formula is C24H29NO3. The molecule has 4 heteroatoms. The Hall–Kier alpha value is -2.59. The third kappa shape index (κ3) is 4.12. The Morgan fingerprint density at radius 1 is 1.21 bits per heavy atom. The second-order valence-electron chi connectivity index (χ2n) is 7.12. The first-order valence-electron chi connectivity index (χ1n) is 9.89. The minimum absolute atomic E-state index is 0.300. The van der Waals surface area contributed by atoms with Crippen LogP contribution in [0.15, 0.2) is 43.0 Å². The maximum atomic E-state index is 12.5. The van der Waals surface area contributed by atoms with Crippen LogP contribution in [0.2, 0.25) is 0 Å². The fourth-order valence-electron chi connectivity index (χ4n) is 3.92. The monoisotopic (exact) mass is 379 g/mol. The SMILES string of the molecule is C=Cc1ccc(-c2cc(C(=O)OC)c(C)c(N(CC)C3CCOCC3)c2)cc1. The average molecular weight is 380 g/mol. The zero-order valence-corrected chi connectivity index (χ0v) is 17.0. The van der Waals surface area contributed by atoms with Gasteiger partial charge in [0, 0.05) is 31.5 Å². The number of nitrogens with zero attached hydrogens (tertiary/aromatic N) is 1. The van der Waals surface area contributed by atoms with E-state index in [1.165, 1.54) is 7.11 Å². The molecule has 0 saturated carbocycles. The van der Waals surface area contributed by atoms with Crippen molar-refractivity contribution in [3.05, 3.63) is 59.7 Å². The van der Waals surface area contributed by atoms with Gasteiger partial charge in [0.2, 0.25) is 0 Å². The van der Waals surface area contributed by atoms with Gasteiger partial charge in [0.1, 0.15) is 0 Å². The molecule has 0 aliphatic carbocycles. The van der Waals surface area contributed by atoms with Gasteiger partial charge in [-0.15, -0.1) is 0 Å². The number of esters is 1. The van der Waals surface area contributed by atoms with Gasteiger partial charge in [-0.3, -0.25) is 0 Å². The molecule has 1 aliphatic rings. The molecule has 1 saturated heterocycles. The second-order valence-corrected chi connectivity index (χ2v) is 7.12. The molecule has 2 aromatic carbocycles. The molecule has 0 radical (unpaired) electrons. The van der Waals surface area contributed by atoms with Crippen LogP contribution in [0.3, 0.4) is 0 Å². The molecule has 1 fully saturated rings. The van der Waals surface area contributed by atoms with Gasteiger partial charge in [-0.25, -0.2) is 4.79 Å². The predicted molar refractivity (Wildman–Crippen MR) is 115 cm³/mol. The molecular weight excluding hydrogens is 350 g/mol. The summed E-state index contributed by atoms with van der Waals surface area (Å²) in [4.78, 5) is 14.9. The summed E-state index contributed by atoms with van der Waals surface area (Å²) in [5, 5.41) is 0. The lowest BCUT2D eigenvalue weighted by Gasteiger charge is -2.37. The Labute approximate surface area is 167 Å². The van der Waals surface area contributed by atoms with Gasteiger partial charge in [0.15, 0.2) is 0 Å². The number of hydrogen-bond acceptors (Lipinski definition) is 4. The zero-order chi connectivity index (χ0) is 20.1. The molecule has 0 spiro atoms. The van der Waals surface area contributed by atoms with Gasteiger partial charge < -0.3 is 14.4 Å². The van der Waals surface area contributed by atoms with Crippen molar-refractivity contribution >= 4 is 17.7 Å². The Bertz CT molecular complexity index is 836. The van der Waals surface area contributed by atoms with E-state index in [-0.39, 0.29) is 5.97 Å². The quantitative estimate of drug-likeness (QED) is 0.655. The van der Waals surface area contributed by atoms with Gasteiger partial charge >= 0.3 is 5.97 Å². The summed E-state index contributed by atoms with van der Waals surface area (Å²) in [6.07, 6.45) is 3.83. The van der Waals surface area contributed by atoms with E-state index in [1.807, 2.05) is 31.2 Å². The fourth-order valence-corrected chi connectivity index (χ4v) is 3.92. The molecule has 2 aromatic rings. The van der Waals surface area contributed by atoms with Crippen LogP contribution in [0.5, 0.6) is 0 Å². The summed E-state index contributed by atoms with van der Waals surface area (Å²) in [6.45, 7) is 10.4. The molecule has 3 rings (SSSR count). The highest BCUT2D eigenvalue weighted by Crippen LogP contribution is 2.34. The Kier molecular flexibility index (Phi) is 6.53. The Morgan fingerprint density at radius 2 is 1.89 bits per heavy atom. The highest BCUT2D eigenvalue weighted by atomic mass is 16.5. The molecule has 0 unspecified atom stereocenters. The van der Waals surface area contributed by atoms with E-state index < -0.39 is 0 Å². The van der Waals surface area contributed by atoms with Gasteiger partial charge in [-0.1, -0.05) is 36.9 Å². The number of ether oxygens (including phenoxy) is 2. The summed E-state index contributed by atoms with van der Waals surface area (Å²) < 4.78 is 10.6. The summed E-state index contributed by atoms with van der Waals surface area (Å²) >= 11 is 0. The lowest BCUT2D eigenvalue weighted by atomic mass is 9.95. The molecule has 0 bridgehead atoms. The van der Waals surface area contributed by atoms with Crippen molar-refractivity contribution in [1.82, 2.24) is 0 Å². The lowest BCUT2D eigenvalue weighted by Crippen LogP contribution is -2.40. The van der Waals surface area contributed by atoms with Crippen LogP contribution in [0.25, 0.3) is 17.2 Å². The molecule has 0 N–H and O–H groups in total. The molecule has 1 aliphatic heterocycles. The van der Waals surface area contributed by atoms with Gasteiger partial charge in [0.25, 0.3) is 0 Å². The van der Waals surface area contributed by atoms with Crippen molar-refractivity contribution in [2.75, 3.05) is 31.8 Å². The van der Waals surface area contributed by atoms with Crippen molar-refractivity contribution < 1.29 is 14.3 Å². The maximum Gasteiger partial charge on any atom is 0.338 e. The van der Waals surface area contributed by atoms with Gasteiger partial charge in [0.05, 0.1) is 12.7 Å². The van der Waals surface area contributed by atoms with Crippen LogP contribution in [0, 0.1) is 6.92 Å². The summed E-state index contributed by atoms with van der Waals surface area (Å²) in [7, 11) is 1.43. The molecule has 1 heterocycles. The highest BCUT2D eigenvalue weighted by molar-refractivity contribution is 5.95. The van der Waals surface area contributed by atoms with E-state index in [0.29, 0.717) is 11.6 Å². The predicted octanol–water partition coefficient (Wildman–Crippen LogP) is 5.10. The Morgan fingerprint density at radius 3 is 2.46 bits per heavy atom. The normalized spacial score (nSPS) is 14.5. The van der Waals surface area contributed by atoms with Crippen LogP contribution in [0.4, 0.5) is 5.69 Å². The minimum atomic E-state index is -0.300. The molecule has 0 amide bonds. The minimum Gasteiger partial charge on any atom is -0.465 e. The summed E-state index contributed by atoms with van der Waals surface area (Å²) in [6, 6.07) is 12.8. The van der Waals surface area contributed by atoms with E-state index in [0.717, 1.165) is 60.5 Å². The largest absolute Gasteiger partial charge is 0.465 e. The van der Waals surface area contributed by atoms with Crippen molar-refractivity contribution in [3.8, 4) is 11.1 Å². The number of methoxy groups -OCH3 is 1. The number of carbonyl (C=O) groups is 1. The number of rotatable bonds is 6. The van der Waals surface area contributed by atoms with Gasteiger partial charge in [-0.05, 0) is 61.1 Å². The molecule has 28 heavy (non-hydrogen) atoms. The third-order valence-electron chi connectivity index (χ3n) is 5.55. The summed E-state index contributed by atoms with van der Waals surface area (Å²) in [5.74, 6) is -0.300. The van der Waals surface area contributed by atoms with Crippen molar-refractivity contribution in [2.24, 2.45) is 0 Å². The van der Waals surface area contributed by atoms with E-state index in [1.54, 1.807) is 0 Å². The number of anilines is 1. The van der Waals surface area contributed by atoms with E-state index >= 15 is 0 Å². The second kappa shape index (κ2) is 9.07. The first kappa shape index (κ1) is 20.2. The van der Waals surface area contributed by atoms with Crippen LogP contribution >= 0.6 is 0 Å². The van der Waals surface area contributed by atoms with Crippen molar-refractivity contribution in [1.29, 1.82) is 0 Å². The average Bonchev–Trinajstić information content (AvgIpc) is 2.75. The molecule has 148 valence electrons. The van der Waals surface area contributed by atoms with Crippen LogP contribution in [-0.4, -0.2) is 38.9 Å². The maximum absolute atomic E-state index is 12.5. The van der Waals surface area contributed by atoms with Crippen molar-refractivity contribution in [3.63, 3.8) is 0 Å². The van der Waals surface area contributed by atoms with Gasteiger partial charge in [-0.2, -0.15) is 0 Å². The first-order chi connectivity index (χ1) is 13.6. The number of benzene rings is 2. The van der Waals surface area contributed by atoms with E-state index in [9.17, 15) is 4.79 Å². The number of hydrogen-bond donors (Lipinski definition) is 0. The van der Waals surface area contributed by atoms with Crippen molar-refractivity contribution in [2.45, 2.75) is 32.7 Å². The fraction of sp³-hybridized carbons (Fsp3) is 0.375. The number of carbonyl (C=O) groups excluding carboxylic acids is 1. The van der Waals surface area contributed by atoms with Crippen LogP contribution in [0.1, 0.15) is 41.3 Å². The molecule has 4 nitrogen and oxygen atoms in total. The Balaban J connectivity index is 2.11. The molecule has 0 aromatic heterocycles. The third-order valence-corrected chi connectivity index (χ3v) is 5.55. The van der Waals surface area contributed by atoms with Crippen LogP contribution < -0.4 is 4.90 Å². The van der Waals surface area contributed by atoms with Crippen LogP contribution in [-0.2, 0) is 9.47 Å². The first-order valence-corrected chi connectivity index (χ1v) is 9.89. The van der Waals surface area contributed by atoms with E-state index in [4.69, 9.17) is 9.47 Å². The molecule has 0 atom stereocenters. The van der Waals surface area contributed by atoms with E-state index in [2.05, 4.69) is 36.6 Å².